The summed E-state index contributed by atoms with van der Waals surface area (Å²) >= 11 is 1.47. The van der Waals surface area contributed by atoms with Crippen molar-refractivity contribution in [1.29, 1.82) is 0 Å². The number of aryl methyl sites for hydroxylation is 1. The Labute approximate surface area is 185 Å². The van der Waals surface area contributed by atoms with E-state index >= 15 is 0 Å². The van der Waals surface area contributed by atoms with Gasteiger partial charge >= 0.3 is 12.4 Å². The Kier molecular flexibility index (Phi) is 5.59. The highest BCUT2D eigenvalue weighted by Crippen LogP contribution is 2.49. The lowest BCUT2D eigenvalue weighted by atomic mass is 9.92. The zero-order valence-electron chi connectivity index (χ0n) is 17.5. The topological polar surface area (TPSA) is 17.8 Å². The molecule has 0 amide bonds. The molecule has 170 valence electrons. The van der Waals surface area contributed by atoms with Crippen LogP contribution in [0.3, 0.4) is 0 Å². The minimum Gasteiger partial charge on any atom is -0.327 e. The van der Waals surface area contributed by atoms with E-state index < -0.39 is 29.4 Å². The fraction of sp³-hybridized carbons (Fsp3) is 0.348. The maximum atomic E-state index is 13.6. The Morgan fingerprint density at radius 3 is 2.31 bits per heavy atom. The summed E-state index contributed by atoms with van der Waals surface area (Å²) in [7, 11) is 1.69. The van der Waals surface area contributed by atoms with Crippen LogP contribution in [0.4, 0.5) is 26.3 Å². The highest BCUT2D eigenvalue weighted by Gasteiger charge is 2.42. The molecule has 1 atom stereocenters. The fourth-order valence-corrected chi connectivity index (χ4v) is 5.09. The van der Waals surface area contributed by atoms with E-state index in [4.69, 9.17) is 0 Å². The summed E-state index contributed by atoms with van der Waals surface area (Å²) < 4.78 is 81.8. The molecule has 1 heterocycles. The van der Waals surface area contributed by atoms with Crippen molar-refractivity contribution in [3.63, 3.8) is 0 Å². The maximum Gasteiger partial charge on any atom is 0.416 e. The summed E-state index contributed by atoms with van der Waals surface area (Å²) in [5.41, 5.74) is 1.04. The summed E-state index contributed by atoms with van der Waals surface area (Å²) in [5.74, 6) is 0.370. The summed E-state index contributed by atoms with van der Waals surface area (Å²) in [6.07, 6.45) is -7.42. The van der Waals surface area contributed by atoms with Crippen LogP contribution in [0.25, 0.3) is 28.5 Å². The van der Waals surface area contributed by atoms with E-state index in [0.717, 1.165) is 17.0 Å². The molecule has 0 aliphatic heterocycles. The number of rotatable bonds is 4. The van der Waals surface area contributed by atoms with E-state index in [1.54, 1.807) is 30.7 Å². The number of aromatic nitrogens is 2. The average Bonchev–Trinajstić information content (AvgIpc) is 3.24. The molecule has 0 spiro atoms. The molecule has 3 aromatic rings. The highest BCUT2D eigenvalue weighted by atomic mass is 32.2. The summed E-state index contributed by atoms with van der Waals surface area (Å²) in [6.45, 7) is 3.66. The van der Waals surface area contributed by atoms with Crippen molar-refractivity contribution in [2.45, 2.75) is 43.4 Å². The highest BCUT2D eigenvalue weighted by molar-refractivity contribution is 7.99. The summed E-state index contributed by atoms with van der Waals surface area (Å²) in [5, 5.41) is 0. The minimum atomic E-state index is -4.49. The van der Waals surface area contributed by atoms with Crippen LogP contribution in [0.2, 0.25) is 0 Å². The molecule has 0 fully saturated rings. The Bertz CT molecular complexity index is 1220. The number of hydrogen-bond acceptors (Lipinski definition) is 2. The van der Waals surface area contributed by atoms with Crippen LogP contribution in [-0.2, 0) is 13.2 Å². The average molecular weight is 470 g/mol. The zero-order valence-corrected chi connectivity index (χ0v) is 18.3. The first-order chi connectivity index (χ1) is 15.0. The molecule has 1 unspecified atom stereocenters. The maximum absolute atomic E-state index is 13.6. The van der Waals surface area contributed by atoms with Crippen molar-refractivity contribution >= 4 is 28.9 Å². The predicted octanol–water partition coefficient (Wildman–Crippen LogP) is 7.82. The van der Waals surface area contributed by atoms with E-state index in [-0.39, 0.29) is 5.52 Å². The number of hydrogen-bond donors (Lipinski definition) is 0. The van der Waals surface area contributed by atoms with Crippen LogP contribution in [-0.4, -0.2) is 21.5 Å². The molecule has 1 aliphatic carbocycles. The second-order valence-corrected chi connectivity index (χ2v) is 8.97. The SMILES string of the molecule is CCSc1cc2c(cc1-c1nc3cc(C(F)(F)F)ccc3n1C)C=C(C(F)(F)F)C2CC. The predicted molar refractivity (Wildman–Crippen MR) is 115 cm³/mol. The molecule has 0 radical (unpaired) electrons. The van der Waals surface area contributed by atoms with Crippen molar-refractivity contribution in [2.75, 3.05) is 5.75 Å². The Morgan fingerprint density at radius 1 is 1.00 bits per heavy atom. The molecule has 2 nitrogen and oxygen atoms in total. The van der Waals surface area contributed by atoms with Gasteiger partial charge in [0.05, 0.1) is 16.6 Å². The van der Waals surface area contributed by atoms with E-state index in [9.17, 15) is 26.3 Å². The Morgan fingerprint density at radius 2 is 1.72 bits per heavy atom. The van der Waals surface area contributed by atoms with E-state index in [0.29, 0.717) is 40.2 Å². The zero-order chi connectivity index (χ0) is 23.4. The van der Waals surface area contributed by atoms with Crippen molar-refractivity contribution in [1.82, 2.24) is 9.55 Å². The number of imidazole rings is 1. The normalized spacial score (nSPS) is 16.5. The van der Waals surface area contributed by atoms with Gasteiger partial charge in [-0.1, -0.05) is 13.8 Å². The van der Waals surface area contributed by atoms with Gasteiger partial charge in [0.25, 0.3) is 0 Å². The lowest BCUT2D eigenvalue weighted by molar-refractivity contribution is -0.137. The summed E-state index contributed by atoms with van der Waals surface area (Å²) in [6, 6.07) is 6.82. The molecule has 32 heavy (non-hydrogen) atoms. The van der Waals surface area contributed by atoms with Crippen LogP contribution in [0, 0.1) is 0 Å². The van der Waals surface area contributed by atoms with Crippen molar-refractivity contribution in [2.24, 2.45) is 7.05 Å². The third-order valence-corrected chi connectivity index (χ3v) is 6.67. The number of fused-ring (bicyclic) bond motifs is 2. The first-order valence-corrected chi connectivity index (χ1v) is 11.1. The number of allylic oxidation sites excluding steroid dienone is 1. The fourth-order valence-electron chi connectivity index (χ4n) is 4.26. The number of thioether (sulfide) groups is 1. The molecule has 1 aliphatic rings. The quantitative estimate of drug-likeness (QED) is 0.286. The molecule has 0 N–H and O–H groups in total. The standard InChI is InChI=1S/C23H20F6N2S/c1-4-14-15-11-20(32-5-2)16(8-12(15)9-17(14)23(27,28)29)21-30-18-10-13(22(24,25)26)6-7-19(18)31(21)3/h6-11,14H,4-5H2,1-3H3. The van der Waals surface area contributed by atoms with Gasteiger partial charge in [0.1, 0.15) is 5.82 Å². The molecule has 1 aromatic heterocycles. The number of benzene rings is 2. The third-order valence-electron chi connectivity index (χ3n) is 5.73. The van der Waals surface area contributed by atoms with Crippen molar-refractivity contribution in [3.8, 4) is 11.4 Å². The van der Waals surface area contributed by atoms with Crippen LogP contribution < -0.4 is 0 Å². The van der Waals surface area contributed by atoms with Gasteiger partial charge in [-0.05, 0) is 59.7 Å². The van der Waals surface area contributed by atoms with Gasteiger partial charge in [0, 0.05) is 29.0 Å². The second-order valence-electron chi connectivity index (χ2n) is 7.66. The smallest absolute Gasteiger partial charge is 0.327 e. The third kappa shape index (κ3) is 3.80. The molecular formula is C23H20F6N2S. The van der Waals surface area contributed by atoms with Gasteiger partial charge in [-0.3, -0.25) is 0 Å². The first-order valence-electron chi connectivity index (χ1n) is 10.1. The van der Waals surface area contributed by atoms with Crippen LogP contribution in [0.5, 0.6) is 0 Å². The van der Waals surface area contributed by atoms with Crippen molar-refractivity contribution < 1.29 is 26.3 Å². The van der Waals surface area contributed by atoms with Crippen molar-refractivity contribution in [3.05, 3.63) is 52.6 Å². The monoisotopic (exact) mass is 470 g/mol. The Balaban J connectivity index is 1.92. The lowest BCUT2D eigenvalue weighted by Gasteiger charge is -2.18. The van der Waals surface area contributed by atoms with E-state index in [2.05, 4.69) is 4.98 Å². The molecule has 0 bridgehead atoms. The number of halogens is 6. The first kappa shape index (κ1) is 22.8. The van der Waals surface area contributed by atoms with E-state index in [1.807, 2.05) is 6.92 Å². The van der Waals surface area contributed by atoms with Crippen LogP contribution >= 0.6 is 11.8 Å². The van der Waals surface area contributed by atoms with E-state index in [1.165, 1.54) is 23.9 Å². The Hall–Kier alpha value is -2.42. The van der Waals surface area contributed by atoms with Gasteiger partial charge in [0.15, 0.2) is 0 Å². The van der Waals surface area contributed by atoms with Gasteiger partial charge in [-0.2, -0.15) is 26.3 Å². The molecule has 0 saturated carbocycles. The van der Waals surface area contributed by atoms with Gasteiger partial charge in [-0.15, -0.1) is 11.8 Å². The number of alkyl halides is 6. The largest absolute Gasteiger partial charge is 0.416 e. The number of nitrogens with zero attached hydrogens (tertiary/aromatic N) is 2. The van der Waals surface area contributed by atoms with Gasteiger partial charge < -0.3 is 4.57 Å². The molecule has 9 heteroatoms. The minimum absolute atomic E-state index is 0.184. The van der Waals surface area contributed by atoms with Gasteiger partial charge in [0.2, 0.25) is 0 Å². The van der Waals surface area contributed by atoms with Crippen LogP contribution in [0.1, 0.15) is 42.9 Å². The molecule has 0 saturated heterocycles. The molecule has 2 aromatic carbocycles. The lowest BCUT2D eigenvalue weighted by Crippen LogP contribution is -2.15. The molecular weight excluding hydrogens is 450 g/mol. The van der Waals surface area contributed by atoms with Gasteiger partial charge in [-0.25, -0.2) is 4.98 Å². The second kappa shape index (κ2) is 7.86. The summed E-state index contributed by atoms with van der Waals surface area (Å²) in [4.78, 5) is 5.20. The van der Waals surface area contributed by atoms with Crippen LogP contribution in [0.15, 0.2) is 40.8 Å². The molecule has 4 rings (SSSR count).